The molecule has 1 unspecified atom stereocenters. The van der Waals surface area contributed by atoms with Crippen LogP contribution in [0.5, 0.6) is 11.5 Å². The SMILES string of the molecule is Cc1n[nH]c(C)c1S(=O)(=O)N(CC(=O)NCC1COc2ccccc2O1)c1ccc(C(C)C)cc1. The molecule has 1 aromatic heterocycles. The molecule has 35 heavy (non-hydrogen) atoms. The van der Waals surface area contributed by atoms with Crippen LogP contribution in [-0.4, -0.2) is 50.3 Å². The van der Waals surface area contributed by atoms with Gasteiger partial charge in [0.25, 0.3) is 10.0 Å². The normalized spacial score (nSPS) is 15.2. The second kappa shape index (κ2) is 9.99. The lowest BCUT2D eigenvalue weighted by Gasteiger charge is -2.27. The van der Waals surface area contributed by atoms with Crippen LogP contribution in [0.3, 0.4) is 0 Å². The number of ether oxygens (including phenoxy) is 2. The molecule has 0 bridgehead atoms. The van der Waals surface area contributed by atoms with Gasteiger partial charge in [0.15, 0.2) is 11.5 Å². The molecule has 0 saturated heterocycles. The van der Waals surface area contributed by atoms with Crippen molar-refractivity contribution in [3.63, 3.8) is 0 Å². The zero-order valence-electron chi connectivity index (χ0n) is 20.2. The first-order chi connectivity index (χ1) is 16.7. The van der Waals surface area contributed by atoms with E-state index in [1.54, 1.807) is 32.0 Å². The number of nitrogens with zero attached hydrogens (tertiary/aromatic N) is 2. The predicted octanol–water partition coefficient (Wildman–Crippen LogP) is 3.30. The molecule has 0 radical (unpaired) electrons. The van der Waals surface area contributed by atoms with Crippen LogP contribution >= 0.6 is 0 Å². The third-order valence-electron chi connectivity index (χ3n) is 5.84. The summed E-state index contributed by atoms with van der Waals surface area (Å²) in [6.45, 7) is 7.45. The highest BCUT2D eigenvalue weighted by molar-refractivity contribution is 7.93. The van der Waals surface area contributed by atoms with Crippen LogP contribution in [0.1, 0.15) is 36.7 Å². The zero-order chi connectivity index (χ0) is 25.2. The van der Waals surface area contributed by atoms with Crippen LogP contribution in [0.4, 0.5) is 5.69 Å². The first-order valence-corrected chi connectivity index (χ1v) is 12.9. The first kappa shape index (κ1) is 24.6. The molecule has 10 heteroatoms. The molecule has 1 aliphatic heterocycles. The maximum atomic E-state index is 13.7. The fourth-order valence-electron chi connectivity index (χ4n) is 3.95. The molecule has 1 amide bonds. The van der Waals surface area contributed by atoms with Crippen molar-refractivity contribution in [1.29, 1.82) is 0 Å². The average Bonchev–Trinajstić information content (AvgIpc) is 3.19. The number of para-hydroxylation sites is 2. The second-order valence-electron chi connectivity index (χ2n) is 8.82. The van der Waals surface area contributed by atoms with Crippen LogP contribution in [0.25, 0.3) is 0 Å². The number of rotatable bonds is 8. The summed E-state index contributed by atoms with van der Waals surface area (Å²) in [6, 6.07) is 14.5. The Labute approximate surface area is 205 Å². The smallest absolute Gasteiger partial charge is 0.268 e. The van der Waals surface area contributed by atoms with Crippen molar-refractivity contribution < 1.29 is 22.7 Å². The minimum atomic E-state index is -4.06. The fourth-order valence-corrected chi connectivity index (χ4v) is 5.71. The lowest BCUT2D eigenvalue weighted by molar-refractivity contribution is -0.120. The quantitative estimate of drug-likeness (QED) is 0.493. The van der Waals surface area contributed by atoms with Gasteiger partial charge in [-0.05, 0) is 49.6 Å². The number of hydrogen-bond donors (Lipinski definition) is 2. The number of aryl methyl sites for hydroxylation is 2. The maximum absolute atomic E-state index is 13.7. The molecular formula is C25H30N4O5S. The Hall–Kier alpha value is -3.53. The third-order valence-corrected chi connectivity index (χ3v) is 7.88. The number of aromatic nitrogens is 2. The number of carbonyl (C=O) groups excluding carboxylic acids is 1. The van der Waals surface area contributed by atoms with E-state index in [0.29, 0.717) is 34.5 Å². The monoisotopic (exact) mass is 498 g/mol. The minimum absolute atomic E-state index is 0.0684. The van der Waals surface area contributed by atoms with E-state index in [-0.39, 0.29) is 24.2 Å². The van der Waals surface area contributed by atoms with E-state index in [1.807, 2.05) is 30.3 Å². The Kier molecular flexibility index (Phi) is 7.02. The number of H-pyrrole nitrogens is 1. The van der Waals surface area contributed by atoms with Crippen molar-refractivity contribution in [3.05, 3.63) is 65.5 Å². The van der Waals surface area contributed by atoms with E-state index < -0.39 is 22.5 Å². The highest BCUT2D eigenvalue weighted by atomic mass is 32.2. The van der Waals surface area contributed by atoms with Crippen LogP contribution in [0.2, 0.25) is 0 Å². The minimum Gasteiger partial charge on any atom is -0.486 e. The number of hydrogen-bond acceptors (Lipinski definition) is 6. The highest BCUT2D eigenvalue weighted by Crippen LogP contribution is 2.31. The van der Waals surface area contributed by atoms with Gasteiger partial charge in [-0.1, -0.05) is 38.1 Å². The molecule has 186 valence electrons. The first-order valence-electron chi connectivity index (χ1n) is 11.5. The van der Waals surface area contributed by atoms with Gasteiger partial charge < -0.3 is 14.8 Å². The number of carbonyl (C=O) groups is 1. The standard InChI is InChI=1S/C25H30N4O5S/c1-16(2)19-9-11-20(12-10-19)29(35(31,32)25-17(3)27-28-18(25)4)14-24(30)26-13-21-15-33-22-7-5-6-8-23(22)34-21/h5-12,16,21H,13-15H2,1-4H3,(H,26,30)(H,27,28). The van der Waals surface area contributed by atoms with Gasteiger partial charge >= 0.3 is 0 Å². The summed E-state index contributed by atoms with van der Waals surface area (Å²) in [6.07, 6.45) is -0.386. The van der Waals surface area contributed by atoms with E-state index >= 15 is 0 Å². The van der Waals surface area contributed by atoms with Gasteiger partial charge in [0.2, 0.25) is 5.91 Å². The summed E-state index contributed by atoms with van der Waals surface area (Å²) in [4.78, 5) is 13.0. The molecule has 2 N–H and O–H groups in total. The summed E-state index contributed by atoms with van der Waals surface area (Å²) in [5, 5.41) is 9.53. The van der Waals surface area contributed by atoms with Crippen LogP contribution < -0.4 is 19.1 Å². The number of fused-ring (bicyclic) bond motifs is 1. The largest absolute Gasteiger partial charge is 0.486 e. The van der Waals surface area contributed by atoms with Crippen molar-refractivity contribution >= 4 is 21.6 Å². The van der Waals surface area contributed by atoms with E-state index in [0.717, 1.165) is 9.87 Å². The van der Waals surface area contributed by atoms with Crippen molar-refractivity contribution in [1.82, 2.24) is 15.5 Å². The van der Waals surface area contributed by atoms with Gasteiger partial charge in [0.1, 0.15) is 24.2 Å². The molecule has 1 atom stereocenters. The van der Waals surface area contributed by atoms with E-state index in [2.05, 4.69) is 29.4 Å². The Balaban J connectivity index is 1.53. The number of nitrogens with one attached hydrogen (secondary N) is 2. The lowest BCUT2D eigenvalue weighted by Crippen LogP contribution is -2.45. The Morgan fingerprint density at radius 1 is 1.14 bits per heavy atom. The molecular weight excluding hydrogens is 468 g/mol. The van der Waals surface area contributed by atoms with E-state index in [4.69, 9.17) is 9.47 Å². The van der Waals surface area contributed by atoms with Crippen molar-refractivity contribution in [2.24, 2.45) is 0 Å². The molecule has 9 nitrogen and oxygen atoms in total. The molecule has 0 fully saturated rings. The van der Waals surface area contributed by atoms with Gasteiger partial charge in [-0.15, -0.1) is 0 Å². The van der Waals surface area contributed by atoms with Gasteiger partial charge in [-0.25, -0.2) is 8.42 Å². The average molecular weight is 499 g/mol. The lowest BCUT2D eigenvalue weighted by atomic mass is 10.0. The number of amides is 1. The summed E-state index contributed by atoms with van der Waals surface area (Å²) in [7, 11) is -4.06. The molecule has 2 aromatic carbocycles. The predicted molar refractivity (Wildman–Crippen MR) is 132 cm³/mol. The second-order valence-corrected chi connectivity index (χ2v) is 10.6. The number of anilines is 1. The fraction of sp³-hybridized carbons (Fsp3) is 0.360. The van der Waals surface area contributed by atoms with Crippen molar-refractivity contribution in [2.75, 3.05) is 24.0 Å². The van der Waals surface area contributed by atoms with E-state index in [1.165, 1.54) is 0 Å². The Bertz CT molecular complexity index is 1280. The molecule has 0 aliphatic carbocycles. The maximum Gasteiger partial charge on any atom is 0.268 e. The Morgan fingerprint density at radius 3 is 2.46 bits per heavy atom. The topological polar surface area (TPSA) is 114 Å². The number of aromatic amines is 1. The van der Waals surface area contributed by atoms with Gasteiger partial charge in [-0.2, -0.15) is 5.10 Å². The molecule has 4 rings (SSSR count). The third kappa shape index (κ3) is 5.27. The molecule has 0 saturated carbocycles. The molecule has 2 heterocycles. The number of benzene rings is 2. The summed E-state index contributed by atoms with van der Waals surface area (Å²) in [5.41, 5.74) is 2.23. The van der Waals surface area contributed by atoms with Crippen LogP contribution in [0, 0.1) is 13.8 Å². The van der Waals surface area contributed by atoms with Gasteiger partial charge in [0.05, 0.1) is 23.6 Å². The summed E-state index contributed by atoms with van der Waals surface area (Å²) in [5.74, 6) is 1.10. The van der Waals surface area contributed by atoms with Gasteiger partial charge in [-0.3, -0.25) is 14.2 Å². The van der Waals surface area contributed by atoms with E-state index in [9.17, 15) is 13.2 Å². The summed E-state index contributed by atoms with van der Waals surface area (Å²) >= 11 is 0. The van der Waals surface area contributed by atoms with Crippen molar-refractivity contribution in [2.45, 2.75) is 44.6 Å². The number of sulfonamides is 1. The van der Waals surface area contributed by atoms with Crippen LogP contribution in [0.15, 0.2) is 53.4 Å². The van der Waals surface area contributed by atoms with Gasteiger partial charge in [0, 0.05) is 0 Å². The highest BCUT2D eigenvalue weighted by Gasteiger charge is 2.32. The molecule has 1 aliphatic rings. The zero-order valence-corrected chi connectivity index (χ0v) is 21.1. The van der Waals surface area contributed by atoms with Crippen LogP contribution in [-0.2, 0) is 14.8 Å². The summed E-state index contributed by atoms with van der Waals surface area (Å²) < 4.78 is 40.0. The molecule has 0 spiro atoms. The molecule has 3 aromatic rings. The Morgan fingerprint density at radius 2 is 1.83 bits per heavy atom. The van der Waals surface area contributed by atoms with Crippen molar-refractivity contribution in [3.8, 4) is 11.5 Å².